The second kappa shape index (κ2) is 12.5. The zero-order valence-corrected chi connectivity index (χ0v) is 24.5. The highest BCUT2D eigenvalue weighted by Crippen LogP contribution is 2.49. The molecule has 1 fully saturated rings. The van der Waals surface area contributed by atoms with Crippen molar-refractivity contribution in [3.63, 3.8) is 0 Å². The van der Waals surface area contributed by atoms with Gasteiger partial charge in [0.05, 0.1) is 11.1 Å². The van der Waals surface area contributed by atoms with Gasteiger partial charge in [-0.1, -0.05) is 67.6 Å². The molecule has 1 heterocycles. The molecule has 7 nitrogen and oxygen atoms in total. The Balaban J connectivity index is 1.56. The molecule has 3 aromatic carbocycles. The number of nitrogen functional groups attached to an aromatic ring is 1. The fraction of sp³-hybridized carbons (Fsp3) is 0.364. The maximum absolute atomic E-state index is 14.4. The van der Waals surface area contributed by atoms with Gasteiger partial charge < -0.3 is 21.7 Å². The number of amidine groups is 1. The number of halogens is 2. The number of nitrogens with zero attached hydrogens (tertiary/aromatic N) is 1. The summed E-state index contributed by atoms with van der Waals surface area (Å²) in [6, 6.07) is 16.5. The van der Waals surface area contributed by atoms with Gasteiger partial charge in [-0.2, -0.15) is 0 Å². The van der Waals surface area contributed by atoms with Crippen LogP contribution in [-0.2, 0) is 11.3 Å². The van der Waals surface area contributed by atoms with E-state index in [0.29, 0.717) is 29.2 Å². The molecule has 1 aliphatic heterocycles. The summed E-state index contributed by atoms with van der Waals surface area (Å²) in [5, 5.41) is 11.3. The van der Waals surface area contributed by atoms with Gasteiger partial charge in [0.15, 0.2) is 0 Å². The average Bonchev–Trinajstić information content (AvgIpc) is 3.09. The Morgan fingerprint density at radius 1 is 1.00 bits per heavy atom. The number of anilines is 1. The van der Waals surface area contributed by atoms with Crippen molar-refractivity contribution in [2.24, 2.45) is 17.4 Å². The molecular weight excluding hydrogens is 553 g/mol. The smallest absolute Gasteiger partial charge is 0.248 e. The number of hydrogen-bond acceptors (Lipinski definition) is 4. The molecule has 2 amide bonds. The fourth-order valence-electron chi connectivity index (χ4n) is 6.56. The van der Waals surface area contributed by atoms with Gasteiger partial charge in [-0.15, -0.1) is 0 Å². The number of nitrogens with two attached hydrogens (primary N) is 2. The van der Waals surface area contributed by atoms with Crippen molar-refractivity contribution in [2.45, 2.75) is 70.0 Å². The van der Waals surface area contributed by atoms with Crippen molar-refractivity contribution in [1.29, 1.82) is 5.41 Å². The Kier molecular flexibility index (Phi) is 8.82. The topological polar surface area (TPSA) is 125 Å². The summed E-state index contributed by atoms with van der Waals surface area (Å²) < 4.78 is 13.9. The summed E-state index contributed by atoms with van der Waals surface area (Å²) in [7, 11) is 0. The molecule has 5 rings (SSSR count). The average molecular weight is 590 g/mol. The molecule has 0 bridgehead atoms. The first-order valence-corrected chi connectivity index (χ1v) is 14.9. The molecule has 2 unspecified atom stereocenters. The van der Waals surface area contributed by atoms with Gasteiger partial charge in [-0.25, -0.2) is 4.39 Å². The molecule has 3 atom stereocenters. The van der Waals surface area contributed by atoms with Crippen LogP contribution in [0.2, 0.25) is 5.02 Å². The van der Waals surface area contributed by atoms with Gasteiger partial charge >= 0.3 is 0 Å². The first-order chi connectivity index (χ1) is 20.1. The lowest BCUT2D eigenvalue weighted by atomic mass is 9.78. The lowest BCUT2D eigenvalue weighted by Crippen LogP contribution is -2.48. The number of hydrogen-bond donors (Lipinski definition) is 4. The molecule has 220 valence electrons. The third kappa shape index (κ3) is 6.14. The molecule has 2 aliphatic rings. The van der Waals surface area contributed by atoms with Crippen molar-refractivity contribution < 1.29 is 14.0 Å². The highest BCUT2D eigenvalue weighted by Gasteiger charge is 2.46. The minimum atomic E-state index is -0.528. The number of carbonyl (C=O) groups excluding carboxylic acids is 2. The van der Waals surface area contributed by atoms with Crippen LogP contribution in [0.1, 0.15) is 90.0 Å². The Hall–Kier alpha value is -3.91. The van der Waals surface area contributed by atoms with Gasteiger partial charge in [-0.3, -0.25) is 15.0 Å². The molecule has 3 aromatic rings. The number of primary amides is 1. The van der Waals surface area contributed by atoms with Crippen LogP contribution < -0.4 is 21.7 Å². The van der Waals surface area contributed by atoms with Gasteiger partial charge in [0.2, 0.25) is 11.8 Å². The molecule has 0 aromatic heterocycles. The predicted octanol–water partition coefficient (Wildman–Crippen LogP) is 6.18. The largest absolute Gasteiger partial charge is 0.384 e. The van der Waals surface area contributed by atoms with E-state index in [4.69, 9.17) is 28.5 Å². The standard InChI is InChI=1S/C33H37ClFN5O2/c1-19(23-13-15-27(35)26(34)16-23)39-33(42)30-29(21-6-4-2-3-5-7-21)25-14-12-24(31(36)37)17-28(25)40(30)18-20-8-10-22(11-9-20)32(38)41/h8-17,19,21,29-30H,2-7,18H2,1H3,(H3,36,37)(H2,38,41)(H,39,42)/t19-,29?,30?/m1/s1. The first-order valence-electron chi connectivity index (χ1n) is 14.5. The van der Waals surface area contributed by atoms with Gasteiger partial charge in [0, 0.05) is 29.3 Å². The van der Waals surface area contributed by atoms with E-state index in [-0.39, 0.29) is 22.7 Å². The molecule has 9 heteroatoms. The van der Waals surface area contributed by atoms with E-state index in [1.54, 1.807) is 24.3 Å². The highest BCUT2D eigenvalue weighted by molar-refractivity contribution is 6.30. The maximum atomic E-state index is 14.4. The maximum Gasteiger partial charge on any atom is 0.248 e. The Labute approximate surface area is 250 Å². The lowest BCUT2D eigenvalue weighted by Gasteiger charge is -2.34. The van der Waals surface area contributed by atoms with Gasteiger partial charge in [0.1, 0.15) is 17.7 Å². The van der Waals surface area contributed by atoms with Crippen LogP contribution in [0.4, 0.5) is 10.1 Å². The third-order valence-corrected chi connectivity index (χ3v) is 9.05. The third-order valence-electron chi connectivity index (χ3n) is 8.76. The molecule has 6 N–H and O–H groups in total. The SMILES string of the molecule is C[C@@H](NC(=O)C1C(C2CCCCCC2)c2ccc(C(=N)N)cc2N1Cc1ccc(C(N)=O)cc1)c1ccc(F)c(Cl)c1. The van der Waals surface area contributed by atoms with E-state index in [0.717, 1.165) is 42.5 Å². The van der Waals surface area contributed by atoms with Crippen LogP contribution in [0.5, 0.6) is 0 Å². The van der Waals surface area contributed by atoms with Crippen LogP contribution in [0.3, 0.4) is 0 Å². The first kappa shape index (κ1) is 29.6. The van der Waals surface area contributed by atoms with Crippen LogP contribution >= 0.6 is 11.6 Å². The Morgan fingerprint density at radius 2 is 1.67 bits per heavy atom. The molecule has 1 aliphatic carbocycles. The number of fused-ring (bicyclic) bond motifs is 1. The molecule has 0 radical (unpaired) electrons. The minimum absolute atomic E-state index is 0.0102. The monoisotopic (exact) mass is 589 g/mol. The fourth-order valence-corrected chi connectivity index (χ4v) is 6.75. The molecule has 0 spiro atoms. The summed E-state index contributed by atoms with van der Waals surface area (Å²) in [6.07, 6.45) is 6.69. The van der Waals surface area contributed by atoms with Crippen molar-refractivity contribution in [3.05, 3.63) is 99.3 Å². The van der Waals surface area contributed by atoms with E-state index in [1.165, 1.54) is 18.9 Å². The molecule has 1 saturated carbocycles. The predicted molar refractivity (Wildman–Crippen MR) is 164 cm³/mol. The second-order valence-corrected chi connectivity index (χ2v) is 11.9. The molecule has 0 saturated heterocycles. The van der Waals surface area contributed by atoms with E-state index in [1.807, 2.05) is 37.3 Å². The summed E-state index contributed by atoms with van der Waals surface area (Å²) in [5.74, 6) is -0.931. The summed E-state index contributed by atoms with van der Waals surface area (Å²) in [6.45, 7) is 2.27. The minimum Gasteiger partial charge on any atom is -0.384 e. The van der Waals surface area contributed by atoms with Crippen molar-refractivity contribution >= 4 is 34.9 Å². The van der Waals surface area contributed by atoms with Crippen molar-refractivity contribution in [1.82, 2.24) is 5.32 Å². The number of benzene rings is 3. The normalized spacial score (nSPS) is 19.5. The van der Waals surface area contributed by atoms with Crippen molar-refractivity contribution in [3.8, 4) is 0 Å². The zero-order valence-electron chi connectivity index (χ0n) is 23.7. The zero-order chi connectivity index (χ0) is 30.0. The van der Waals surface area contributed by atoms with E-state index < -0.39 is 23.8 Å². The number of carbonyl (C=O) groups is 2. The molecule has 42 heavy (non-hydrogen) atoms. The lowest BCUT2D eigenvalue weighted by molar-refractivity contribution is -0.123. The summed E-state index contributed by atoms with van der Waals surface area (Å²) in [4.78, 5) is 28.1. The quantitative estimate of drug-likeness (QED) is 0.142. The van der Waals surface area contributed by atoms with Crippen LogP contribution in [-0.4, -0.2) is 23.7 Å². The second-order valence-electron chi connectivity index (χ2n) is 11.5. The van der Waals surface area contributed by atoms with E-state index in [9.17, 15) is 14.0 Å². The van der Waals surface area contributed by atoms with Gasteiger partial charge in [0.25, 0.3) is 0 Å². The Morgan fingerprint density at radius 3 is 2.29 bits per heavy atom. The van der Waals surface area contributed by atoms with E-state index >= 15 is 0 Å². The van der Waals surface area contributed by atoms with Crippen LogP contribution in [0, 0.1) is 17.1 Å². The number of amides is 2. The van der Waals surface area contributed by atoms with Crippen molar-refractivity contribution in [2.75, 3.05) is 4.90 Å². The van der Waals surface area contributed by atoms with Crippen LogP contribution in [0.25, 0.3) is 0 Å². The summed E-state index contributed by atoms with van der Waals surface area (Å²) in [5.41, 5.74) is 16.0. The van der Waals surface area contributed by atoms with Gasteiger partial charge in [-0.05, 0) is 72.7 Å². The summed E-state index contributed by atoms with van der Waals surface area (Å²) >= 11 is 6.05. The highest BCUT2D eigenvalue weighted by atomic mass is 35.5. The van der Waals surface area contributed by atoms with E-state index in [2.05, 4.69) is 10.2 Å². The van der Waals surface area contributed by atoms with Crippen LogP contribution in [0.15, 0.2) is 60.7 Å². The molecular formula is C33H37ClFN5O2. The number of nitrogens with one attached hydrogen (secondary N) is 2. The Bertz CT molecular complexity index is 1490. The number of rotatable bonds is 8.